The summed E-state index contributed by atoms with van der Waals surface area (Å²) in [6.45, 7) is 7.05. The molecule has 1 fully saturated rings. The first-order valence-corrected chi connectivity index (χ1v) is 7.08. The SMILES string of the molecule is CCNC1(C(N)=O)CCC(n2ccnc2C(C)C)C1. The van der Waals surface area contributed by atoms with Crippen molar-refractivity contribution in [2.24, 2.45) is 5.73 Å². The average molecular weight is 264 g/mol. The Kier molecular flexibility index (Phi) is 3.94. The number of nitrogens with one attached hydrogen (secondary N) is 1. The second-order valence-corrected chi connectivity index (χ2v) is 5.72. The third kappa shape index (κ3) is 2.52. The number of likely N-dealkylation sites (N-methyl/N-ethyl adjacent to an activating group) is 1. The minimum absolute atomic E-state index is 0.233. The van der Waals surface area contributed by atoms with Gasteiger partial charge in [-0.2, -0.15) is 0 Å². The van der Waals surface area contributed by atoms with Crippen LogP contribution in [0.3, 0.4) is 0 Å². The zero-order valence-corrected chi connectivity index (χ0v) is 12.0. The third-order valence-electron chi connectivity index (χ3n) is 4.08. The Morgan fingerprint density at radius 3 is 3.00 bits per heavy atom. The lowest BCUT2D eigenvalue weighted by molar-refractivity contribution is -0.124. The van der Waals surface area contributed by atoms with Gasteiger partial charge in [-0.15, -0.1) is 0 Å². The Bertz CT molecular complexity index is 454. The molecule has 1 aromatic rings. The fourth-order valence-electron chi connectivity index (χ4n) is 3.15. The van der Waals surface area contributed by atoms with Crippen molar-refractivity contribution in [3.63, 3.8) is 0 Å². The Morgan fingerprint density at radius 2 is 2.42 bits per heavy atom. The summed E-state index contributed by atoms with van der Waals surface area (Å²) in [4.78, 5) is 16.2. The predicted octanol–water partition coefficient (Wildman–Crippen LogP) is 1.57. The van der Waals surface area contributed by atoms with Crippen molar-refractivity contribution in [2.45, 2.75) is 57.5 Å². The van der Waals surface area contributed by atoms with Crippen molar-refractivity contribution >= 4 is 5.91 Å². The quantitative estimate of drug-likeness (QED) is 0.847. The van der Waals surface area contributed by atoms with E-state index in [1.54, 1.807) is 0 Å². The molecular weight excluding hydrogens is 240 g/mol. The molecule has 1 amide bonds. The van der Waals surface area contributed by atoms with Crippen LogP contribution < -0.4 is 11.1 Å². The second kappa shape index (κ2) is 5.33. The van der Waals surface area contributed by atoms with Crippen LogP contribution in [0.4, 0.5) is 0 Å². The van der Waals surface area contributed by atoms with Gasteiger partial charge >= 0.3 is 0 Å². The van der Waals surface area contributed by atoms with E-state index in [1.807, 2.05) is 19.3 Å². The van der Waals surface area contributed by atoms with Crippen molar-refractivity contribution in [3.8, 4) is 0 Å². The number of rotatable bonds is 5. The molecule has 1 saturated carbocycles. The van der Waals surface area contributed by atoms with Gasteiger partial charge in [-0.3, -0.25) is 4.79 Å². The number of amides is 1. The van der Waals surface area contributed by atoms with E-state index in [4.69, 9.17) is 5.73 Å². The maximum atomic E-state index is 11.8. The van der Waals surface area contributed by atoms with Gasteiger partial charge < -0.3 is 15.6 Å². The lowest BCUT2D eigenvalue weighted by atomic mass is 9.96. The summed E-state index contributed by atoms with van der Waals surface area (Å²) in [5, 5.41) is 3.29. The van der Waals surface area contributed by atoms with Crippen LogP contribution in [0.5, 0.6) is 0 Å². The van der Waals surface area contributed by atoms with Gasteiger partial charge in [0.25, 0.3) is 0 Å². The zero-order valence-electron chi connectivity index (χ0n) is 12.0. The van der Waals surface area contributed by atoms with E-state index in [-0.39, 0.29) is 5.91 Å². The minimum atomic E-state index is -0.544. The number of primary amides is 1. The van der Waals surface area contributed by atoms with Gasteiger partial charge in [-0.1, -0.05) is 20.8 Å². The summed E-state index contributed by atoms with van der Waals surface area (Å²) in [7, 11) is 0. The first kappa shape index (κ1) is 14.1. The second-order valence-electron chi connectivity index (χ2n) is 5.72. The topological polar surface area (TPSA) is 72.9 Å². The Morgan fingerprint density at radius 1 is 1.68 bits per heavy atom. The summed E-state index contributed by atoms with van der Waals surface area (Å²) in [5.74, 6) is 1.24. The summed E-state index contributed by atoms with van der Waals surface area (Å²) in [5.41, 5.74) is 5.06. The number of nitrogens with zero attached hydrogens (tertiary/aromatic N) is 2. The van der Waals surface area contributed by atoms with Crippen molar-refractivity contribution in [2.75, 3.05) is 6.54 Å². The van der Waals surface area contributed by atoms with Gasteiger partial charge in [-0.05, 0) is 25.8 Å². The molecule has 3 N–H and O–H groups in total. The first-order chi connectivity index (χ1) is 9.00. The van der Waals surface area contributed by atoms with Crippen LogP contribution in [0.15, 0.2) is 12.4 Å². The molecule has 0 bridgehead atoms. The summed E-state index contributed by atoms with van der Waals surface area (Å²) in [6, 6.07) is 0.312. The van der Waals surface area contributed by atoms with E-state index in [1.165, 1.54) is 0 Å². The summed E-state index contributed by atoms with van der Waals surface area (Å²) < 4.78 is 2.21. The Labute approximate surface area is 114 Å². The van der Waals surface area contributed by atoms with Crippen LogP contribution in [0.1, 0.15) is 57.8 Å². The highest BCUT2D eigenvalue weighted by Gasteiger charge is 2.44. The molecule has 2 atom stereocenters. The van der Waals surface area contributed by atoms with Gasteiger partial charge in [0.1, 0.15) is 5.82 Å². The molecular formula is C14H24N4O. The Balaban J connectivity index is 2.21. The van der Waals surface area contributed by atoms with Gasteiger partial charge in [-0.25, -0.2) is 4.98 Å². The molecule has 0 radical (unpaired) electrons. The highest BCUT2D eigenvalue weighted by molar-refractivity contribution is 5.85. The molecule has 0 aliphatic heterocycles. The summed E-state index contributed by atoms with van der Waals surface area (Å²) in [6.07, 6.45) is 6.38. The molecule has 2 unspecified atom stereocenters. The fraction of sp³-hybridized carbons (Fsp3) is 0.714. The standard InChI is InChI=1S/C14H24N4O/c1-4-17-14(13(15)19)6-5-11(9-14)18-8-7-16-12(18)10(2)3/h7-8,10-11,17H,4-6,9H2,1-3H3,(H2,15,19). The largest absolute Gasteiger partial charge is 0.368 e. The molecule has 106 valence electrons. The number of nitrogens with two attached hydrogens (primary N) is 1. The number of hydrogen-bond acceptors (Lipinski definition) is 3. The molecule has 5 heteroatoms. The van der Waals surface area contributed by atoms with E-state index in [0.29, 0.717) is 12.0 Å². The minimum Gasteiger partial charge on any atom is -0.368 e. The third-order valence-corrected chi connectivity index (χ3v) is 4.08. The van der Waals surface area contributed by atoms with Gasteiger partial charge in [0, 0.05) is 24.4 Å². The molecule has 0 aromatic carbocycles. The fourth-order valence-corrected chi connectivity index (χ4v) is 3.15. The molecule has 1 aliphatic carbocycles. The molecule has 0 saturated heterocycles. The number of imidazole rings is 1. The van der Waals surface area contributed by atoms with Crippen LogP contribution in [0, 0.1) is 0 Å². The van der Waals surface area contributed by atoms with E-state index >= 15 is 0 Å². The molecule has 1 aromatic heterocycles. The normalized spacial score (nSPS) is 27.1. The van der Waals surface area contributed by atoms with Crippen molar-refractivity contribution in [3.05, 3.63) is 18.2 Å². The van der Waals surface area contributed by atoms with Gasteiger partial charge in [0.2, 0.25) is 5.91 Å². The van der Waals surface area contributed by atoms with Crippen LogP contribution in [0.2, 0.25) is 0 Å². The van der Waals surface area contributed by atoms with Crippen LogP contribution in [-0.2, 0) is 4.79 Å². The van der Waals surface area contributed by atoms with E-state index < -0.39 is 5.54 Å². The van der Waals surface area contributed by atoms with E-state index in [0.717, 1.165) is 31.6 Å². The van der Waals surface area contributed by atoms with Crippen molar-refractivity contribution < 1.29 is 4.79 Å². The van der Waals surface area contributed by atoms with Crippen molar-refractivity contribution in [1.29, 1.82) is 0 Å². The average Bonchev–Trinajstić information content (AvgIpc) is 2.94. The van der Waals surface area contributed by atoms with E-state index in [2.05, 4.69) is 28.7 Å². The molecule has 2 rings (SSSR count). The smallest absolute Gasteiger partial charge is 0.237 e. The molecule has 1 aliphatic rings. The number of hydrogen-bond donors (Lipinski definition) is 2. The van der Waals surface area contributed by atoms with E-state index in [9.17, 15) is 4.79 Å². The molecule has 0 spiro atoms. The number of carbonyl (C=O) groups excluding carboxylic acids is 1. The van der Waals surface area contributed by atoms with Gasteiger partial charge in [0.05, 0.1) is 5.54 Å². The maximum Gasteiger partial charge on any atom is 0.237 e. The highest BCUT2D eigenvalue weighted by Crippen LogP contribution is 2.38. The zero-order chi connectivity index (χ0) is 14.0. The number of aromatic nitrogens is 2. The van der Waals surface area contributed by atoms with Crippen LogP contribution >= 0.6 is 0 Å². The lowest BCUT2D eigenvalue weighted by Gasteiger charge is -2.27. The maximum absolute atomic E-state index is 11.8. The first-order valence-electron chi connectivity index (χ1n) is 7.08. The summed E-state index contributed by atoms with van der Waals surface area (Å²) >= 11 is 0. The number of carbonyl (C=O) groups is 1. The Hall–Kier alpha value is -1.36. The van der Waals surface area contributed by atoms with Crippen LogP contribution in [-0.4, -0.2) is 27.5 Å². The molecule has 1 heterocycles. The van der Waals surface area contributed by atoms with Crippen LogP contribution in [0.25, 0.3) is 0 Å². The predicted molar refractivity (Wildman–Crippen MR) is 74.8 cm³/mol. The monoisotopic (exact) mass is 264 g/mol. The molecule has 19 heavy (non-hydrogen) atoms. The highest BCUT2D eigenvalue weighted by atomic mass is 16.1. The van der Waals surface area contributed by atoms with Crippen molar-refractivity contribution in [1.82, 2.24) is 14.9 Å². The molecule has 5 nitrogen and oxygen atoms in total. The van der Waals surface area contributed by atoms with Gasteiger partial charge in [0.15, 0.2) is 0 Å². The lowest BCUT2D eigenvalue weighted by Crippen LogP contribution is -2.53.